The summed E-state index contributed by atoms with van der Waals surface area (Å²) < 4.78 is 1.18. The van der Waals surface area contributed by atoms with E-state index in [9.17, 15) is 0 Å². The monoisotopic (exact) mass is 373 g/mol. The summed E-state index contributed by atoms with van der Waals surface area (Å²) in [5.41, 5.74) is 2.45. The lowest BCUT2D eigenvalue weighted by atomic mass is 10.2. The molecule has 1 atom stereocenters. The van der Waals surface area contributed by atoms with E-state index in [0.717, 1.165) is 23.9 Å². The standard InChI is InChI=1S/C14H20BrN3S2/c1-5-16-9(2)13-10(3)17-14(20-13)18(4)7-11-6-12(15)19-8-11/h6,8-9,16H,5,7H2,1-4H3. The van der Waals surface area contributed by atoms with Gasteiger partial charge in [0.1, 0.15) is 0 Å². The molecule has 0 aliphatic heterocycles. The van der Waals surface area contributed by atoms with Gasteiger partial charge in [-0.2, -0.15) is 0 Å². The molecule has 0 radical (unpaired) electrons. The van der Waals surface area contributed by atoms with Crippen molar-refractivity contribution in [3.63, 3.8) is 0 Å². The molecule has 0 aromatic carbocycles. The molecule has 0 spiro atoms. The van der Waals surface area contributed by atoms with Gasteiger partial charge in [-0.25, -0.2) is 4.98 Å². The molecular formula is C14H20BrN3S2. The van der Waals surface area contributed by atoms with Gasteiger partial charge in [0.2, 0.25) is 0 Å². The van der Waals surface area contributed by atoms with Crippen molar-refractivity contribution in [1.29, 1.82) is 0 Å². The molecule has 3 nitrogen and oxygen atoms in total. The minimum atomic E-state index is 0.370. The van der Waals surface area contributed by atoms with Crippen LogP contribution in [0.2, 0.25) is 0 Å². The molecular weight excluding hydrogens is 354 g/mol. The maximum atomic E-state index is 4.71. The Hall–Kier alpha value is -0.430. The lowest BCUT2D eigenvalue weighted by molar-refractivity contribution is 0.603. The average Bonchev–Trinajstić information content (AvgIpc) is 2.96. The van der Waals surface area contributed by atoms with E-state index in [1.807, 2.05) is 0 Å². The number of hydrogen-bond donors (Lipinski definition) is 1. The van der Waals surface area contributed by atoms with Crippen molar-refractivity contribution < 1.29 is 0 Å². The molecule has 1 N–H and O–H groups in total. The smallest absolute Gasteiger partial charge is 0.185 e. The van der Waals surface area contributed by atoms with Crippen molar-refractivity contribution in [2.75, 3.05) is 18.5 Å². The van der Waals surface area contributed by atoms with Crippen molar-refractivity contribution in [1.82, 2.24) is 10.3 Å². The lowest BCUT2D eigenvalue weighted by Gasteiger charge is -2.14. The third kappa shape index (κ3) is 3.81. The molecule has 0 fully saturated rings. The highest BCUT2D eigenvalue weighted by molar-refractivity contribution is 9.11. The van der Waals surface area contributed by atoms with Crippen LogP contribution in [0.1, 0.15) is 36.0 Å². The summed E-state index contributed by atoms with van der Waals surface area (Å²) in [5.74, 6) is 0. The Morgan fingerprint density at radius 2 is 2.25 bits per heavy atom. The van der Waals surface area contributed by atoms with Crippen molar-refractivity contribution in [2.45, 2.75) is 33.4 Å². The van der Waals surface area contributed by atoms with Crippen LogP contribution in [0.25, 0.3) is 0 Å². The molecule has 1 unspecified atom stereocenters. The number of aryl methyl sites for hydroxylation is 1. The van der Waals surface area contributed by atoms with Gasteiger partial charge in [-0.05, 0) is 53.3 Å². The Balaban J connectivity index is 2.10. The third-order valence-corrected chi connectivity index (χ3v) is 6.10. The fraction of sp³-hybridized carbons (Fsp3) is 0.500. The van der Waals surface area contributed by atoms with Crippen molar-refractivity contribution in [3.8, 4) is 0 Å². The van der Waals surface area contributed by atoms with Crippen LogP contribution >= 0.6 is 38.6 Å². The van der Waals surface area contributed by atoms with Gasteiger partial charge in [-0.1, -0.05) is 6.92 Å². The number of aromatic nitrogens is 1. The van der Waals surface area contributed by atoms with Gasteiger partial charge in [0.15, 0.2) is 5.13 Å². The van der Waals surface area contributed by atoms with Crippen LogP contribution in [-0.2, 0) is 6.54 Å². The number of hydrogen-bond acceptors (Lipinski definition) is 5. The first-order valence-corrected chi connectivity index (χ1v) is 9.15. The van der Waals surface area contributed by atoms with Gasteiger partial charge < -0.3 is 10.2 Å². The van der Waals surface area contributed by atoms with Gasteiger partial charge >= 0.3 is 0 Å². The molecule has 0 aliphatic carbocycles. The highest BCUT2D eigenvalue weighted by Crippen LogP contribution is 2.31. The van der Waals surface area contributed by atoms with Crippen LogP contribution < -0.4 is 10.2 Å². The highest BCUT2D eigenvalue weighted by atomic mass is 79.9. The normalized spacial score (nSPS) is 12.7. The Kier molecular flexibility index (Phi) is 5.60. The van der Waals surface area contributed by atoms with Gasteiger partial charge in [0.05, 0.1) is 9.48 Å². The maximum Gasteiger partial charge on any atom is 0.185 e. The zero-order chi connectivity index (χ0) is 14.7. The maximum absolute atomic E-state index is 4.71. The van der Waals surface area contributed by atoms with E-state index < -0.39 is 0 Å². The Bertz CT molecular complexity index is 565. The molecule has 2 aromatic rings. The van der Waals surface area contributed by atoms with Gasteiger partial charge in [-0.15, -0.1) is 22.7 Å². The number of anilines is 1. The molecule has 110 valence electrons. The molecule has 0 saturated heterocycles. The summed E-state index contributed by atoms with van der Waals surface area (Å²) in [5, 5.41) is 6.73. The molecule has 2 rings (SSSR count). The van der Waals surface area contributed by atoms with E-state index in [4.69, 9.17) is 4.98 Å². The van der Waals surface area contributed by atoms with Crippen LogP contribution in [0.15, 0.2) is 15.2 Å². The predicted molar refractivity (Wildman–Crippen MR) is 93.1 cm³/mol. The minimum Gasteiger partial charge on any atom is -0.347 e. The molecule has 0 amide bonds. The topological polar surface area (TPSA) is 28.2 Å². The van der Waals surface area contributed by atoms with Crippen molar-refractivity contribution >= 4 is 43.7 Å². The summed E-state index contributed by atoms with van der Waals surface area (Å²) in [7, 11) is 2.10. The molecule has 0 saturated carbocycles. The van der Waals surface area contributed by atoms with E-state index >= 15 is 0 Å². The Labute approximate surface area is 137 Å². The fourth-order valence-electron chi connectivity index (χ4n) is 2.13. The number of nitrogens with zero attached hydrogens (tertiary/aromatic N) is 2. The quantitative estimate of drug-likeness (QED) is 0.802. The van der Waals surface area contributed by atoms with E-state index in [-0.39, 0.29) is 0 Å². The fourth-order valence-corrected chi connectivity index (χ4v) is 4.38. The highest BCUT2D eigenvalue weighted by Gasteiger charge is 2.16. The number of thiazole rings is 1. The van der Waals surface area contributed by atoms with Crippen LogP contribution in [0.5, 0.6) is 0 Å². The molecule has 20 heavy (non-hydrogen) atoms. The van der Waals surface area contributed by atoms with E-state index in [2.05, 4.69) is 65.4 Å². The zero-order valence-corrected chi connectivity index (χ0v) is 15.5. The number of thiophene rings is 1. The summed E-state index contributed by atoms with van der Waals surface area (Å²) in [4.78, 5) is 8.26. The first-order chi connectivity index (χ1) is 9.51. The summed E-state index contributed by atoms with van der Waals surface area (Å²) in [6, 6.07) is 2.54. The average molecular weight is 374 g/mol. The second-order valence-electron chi connectivity index (χ2n) is 4.84. The van der Waals surface area contributed by atoms with Crippen LogP contribution in [0, 0.1) is 6.92 Å². The molecule has 2 aromatic heterocycles. The minimum absolute atomic E-state index is 0.370. The van der Waals surface area contributed by atoms with Crippen molar-refractivity contribution in [3.05, 3.63) is 31.4 Å². The SMILES string of the molecule is CCNC(C)c1sc(N(C)Cc2csc(Br)c2)nc1C. The van der Waals surface area contributed by atoms with Crippen LogP contribution in [0.3, 0.4) is 0 Å². The molecule has 0 bridgehead atoms. The number of rotatable bonds is 6. The summed E-state index contributed by atoms with van der Waals surface area (Å²) >= 11 is 7.02. The van der Waals surface area contributed by atoms with Gasteiger partial charge in [0.25, 0.3) is 0 Å². The van der Waals surface area contributed by atoms with Crippen molar-refractivity contribution in [2.24, 2.45) is 0 Å². The first-order valence-electron chi connectivity index (χ1n) is 6.66. The summed E-state index contributed by atoms with van der Waals surface area (Å²) in [6.07, 6.45) is 0. The molecule has 2 heterocycles. The Morgan fingerprint density at radius 1 is 1.50 bits per heavy atom. The molecule has 0 aliphatic rings. The van der Waals surface area contributed by atoms with Gasteiger partial charge in [-0.3, -0.25) is 0 Å². The first kappa shape index (κ1) is 15.9. The van der Waals surface area contributed by atoms with E-state index in [0.29, 0.717) is 6.04 Å². The second kappa shape index (κ2) is 7.02. The number of halogens is 1. The third-order valence-electron chi connectivity index (χ3n) is 3.09. The predicted octanol–water partition coefficient (Wildman–Crippen LogP) is 4.58. The lowest BCUT2D eigenvalue weighted by Crippen LogP contribution is -2.17. The zero-order valence-electron chi connectivity index (χ0n) is 12.2. The number of nitrogens with one attached hydrogen (secondary N) is 1. The Morgan fingerprint density at radius 3 is 2.85 bits per heavy atom. The molecule has 6 heteroatoms. The largest absolute Gasteiger partial charge is 0.347 e. The second-order valence-corrected chi connectivity index (χ2v) is 8.14. The van der Waals surface area contributed by atoms with Crippen LogP contribution in [-0.4, -0.2) is 18.6 Å². The summed E-state index contributed by atoms with van der Waals surface area (Å²) in [6.45, 7) is 8.30. The van der Waals surface area contributed by atoms with Crippen LogP contribution in [0.4, 0.5) is 5.13 Å². The van der Waals surface area contributed by atoms with E-state index in [1.54, 1.807) is 22.7 Å². The van der Waals surface area contributed by atoms with Gasteiger partial charge in [0, 0.05) is 24.5 Å². The van der Waals surface area contributed by atoms with E-state index in [1.165, 1.54) is 14.2 Å².